The number of nitrogens with one attached hydrogen (secondary N) is 2. The molecule has 0 aliphatic carbocycles. The van der Waals surface area contributed by atoms with Gasteiger partial charge in [0, 0.05) is 49.5 Å². The highest BCUT2D eigenvalue weighted by Gasteiger charge is 2.06. The van der Waals surface area contributed by atoms with E-state index >= 15 is 0 Å². The third-order valence-corrected chi connectivity index (χ3v) is 4.46. The average Bonchev–Trinajstić information content (AvgIpc) is 2.70. The lowest BCUT2D eigenvalue weighted by Crippen LogP contribution is -2.21. The summed E-state index contributed by atoms with van der Waals surface area (Å²) in [5.41, 5.74) is 4.57. The standard InChI is InChI=1S/C21H26N6/c1-4-27(5-2)18-8-9-19(16(3)11-18)26-21-12-20(24-15-25-21)23-14-17-7-6-10-22-13-17/h6-13,15H,4-5,14H2,1-3H3,(H2,23,24,25,26). The van der Waals surface area contributed by atoms with Gasteiger partial charge in [-0.1, -0.05) is 6.07 Å². The maximum atomic E-state index is 4.34. The van der Waals surface area contributed by atoms with E-state index in [9.17, 15) is 0 Å². The zero-order valence-corrected chi connectivity index (χ0v) is 16.1. The van der Waals surface area contributed by atoms with E-state index in [1.165, 1.54) is 11.3 Å². The first-order valence-electron chi connectivity index (χ1n) is 9.27. The van der Waals surface area contributed by atoms with Gasteiger partial charge in [-0.3, -0.25) is 4.98 Å². The molecule has 140 valence electrons. The monoisotopic (exact) mass is 362 g/mol. The highest BCUT2D eigenvalue weighted by Crippen LogP contribution is 2.25. The van der Waals surface area contributed by atoms with Crippen LogP contribution in [0.15, 0.2) is 55.1 Å². The quantitative estimate of drug-likeness (QED) is 0.620. The normalized spacial score (nSPS) is 10.5. The molecule has 0 saturated carbocycles. The predicted molar refractivity (Wildman–Crippen MR) is 112 cm³/mol. The molecule has 2 aromatic heterocycles. The fourth-order valence-corrected chi connectivity index (χ4v) is 2.93. The van der Waals surface area contributed by atoms with Crippen LogP contribution < -0.4 is 15.5 Å². The minimum atomic E-state index is 0.669. The van der Waals surface area contributed by atoms with Crippen LogP contribution in [-0.2, 0) is 6.54 Å². The summed E-state index contributed by atoms with van der Waals surface area (Å²) in [6.07, 6.45) is 5.17. The molecule has 3 aromatic rings. The van der Waals surface area contributed by atoms with Crippen molar-refractivity contribution in [3.63, 3.8) is 0 Å². The van der Waals surface area contributed by atoms with Gasteiger partial charge in [-0.15, -0.1) is 0 Å². The SMILES string of the molecule is CCN(CC)c1ccc(Nc2cc(NCc3cccnc3)ncn2)c(C)c1. The van der Waals surface area contributed by atoms with Crippen molar-refractivity contribution in [2.75, 3.05) is 28.6 Å². The minimum absolute atomic E-state index is 0.669. The lowest BCUT2D eigenvalue weighted by atomic mass is 10.1. The maximum Gasteiger partial charge on any atom is 0.135 e. The van der Waals surface area contributed by atoms with Crippen molar-refractivity contribution in [3.8, 4) is 0 Å². The van der Waals surface area contributed by atoms with Crippen LogP contribution >= 0.6 is 0 Å². The number of pyridine rings is 1. The van der Waals surface area contributed by atoms with E-state index in [1.54, 1.807) is 12.5 Å². The lowest BCUT2D eigenvalue weighted by molar-refractivity contribution is 0.866. The second-order valence-electron chi connectivity index (χ2n) is 6.30. The highest BCUT2D eigenvalue weighted by molar-refractivity contribution is 5.66. The Labute approximate surface area is 160 Å². The molecule has 2 heterocycles. The molecule has 2 N–H and O–H groups in total. The van der Waals surface area contributed by atoms with Crippen molar-refractivity contribution in [1.82, 2.24) is 15.0 Å². The second-order valence-corrected chi connectivity index (χ2v) is 6.30. The summed E-state index contributed by atoms with van der Waals surface area (Å²) >= 11 is 0. The Bertz CT molecular complexity index is 862. The molecule has 0 spiro atoms. The van der Waals surface area contributed by atoms with E-state index in [0.717, 1.165) is 36.0 Å². The second kappa shape index (κ2) is 8.98. The van der Waals surface area contributed by atoms with E-state index in [-0.39, 0.29) is 0 Å². The Morgan fingerprint density at radius 2 is 1.81 bits per heavy atom. The Morgan fingerprint density at radius 3 is 2.52 bits per heavy atom. The van der Waals surface area contributed by atoms with Crippen molar-refractivity contribution < 1.29 is 0 Å². The Balaban J connectivity index is 1.69. The molecular formula is C21H26N6. The zero-order valence-electron chi connectivity index (χ0n) is 16.1. The van der Waals surface area contributed by atoms with Gasteiger partial charge in [0.25, 0.3) is 0 Å². The van der Waals surface area contributed by atoms with Crippen LogP contribution in [0.2, 0.25) is 0 Å². The van der Waals surface area contributed by atoms with E-state index in [1.807, 2.05) is 24.4 Å². The van der Waals surface area contributed by atoms with Crippen molar-refractivity contribution in [3.05, 3.63) is 66.2 Å². The molecule has 0 aliphatic heterocycles. The Kier molecular flexibility index (Phi) is 6.20. The summed E-state index contributed by atoms with van der Waals surface area (Å²) in [5.74, 6) is 1.53. The third kappa shape index (κ3) is 4.94. The molecule has 0 bridgehead atoms. The van der Waals surface area contributed by atoms with Gasteiger partial charge in [-0.2, -0.15) is 0 Å². The van der Waals surface area contributed by atoms with Gasteiger partial charge in [0.2, 0.25) is 0 Å². The van der Waals surface area contributed by atoms with E-state index in [2.05, 4.69) is 69.5 Å². The number of rotatable bonds is 8. The number of hydrogen-bond acceptors (Lipinski definition) is 6. The van der Waals surface area contributed by atoms with Crippen LogP contribution in [0, 0.1) is 6.92 Å². The molecule has 0 radical (unpaired) electrons. The van der Waals surface area contributed by atoms with Crippen LogP contribution in [0.1, 0.15) is 25.0 Å². The summed E-state index contributed by atoms with van der Waals surface area (Å²) in [6, 6.07) is 12.3. The number of aryl methyl sites for hydroxylation is 1. The molecule has 1 aromatic carbocycles. The summed E-state index contributed by atoms with van der Waals surface area (Å²) in [7, 11) is 0. The molecule has 0 atom stereocenters. The molecule has 6 nitrogen and oxygen atoms in total. The highest BCUT2D eigenvalue weighted by atomic mass is 15.1. The summed E-state index contributed by atoms with van der Waals surface area (Å²) in [6.45, 7) is 9.12. The smallest absolute Gasteiger partial charge is 0.135 e. The molecule has 0 fully saturated rings. The van der Waals surface area contributed by atoms with Crippen molar-refractivity contribution in [2.24, 2.45) is 0 Å². The van der Waals surface area contributed by atoms with Gasteiger partial charge in [0.1, 0.15) is 18.0 Å². The summed E-state index contributed by atoms with van der Waals surface area (Å²) in [5, 5.41) is 6.69. The first kappa shape index (κ1) is 18.6. The number of hydrogen-bond donors (Lipinski definition) is 2. The number of nitrogens with zero attached hydrogens (tertiary/aromatic N) is 4. The fourth-order valence-electron chi connectivity index (χ4n) is 2.93. The summed E-state index contributed by atoms with van der Waals surface area (Å²) < 4.78 is 0. The van der Waals surface area contributed by atoms with Crippen LogP contribution in [-0.4, -0.2) is 28.0 Å². The molecule has 0 aliphatic rings. The van der Waals surface area contributed by atoms with Gasteiger partial charge in [0.05, 0.1) is 0 Å². The topological polar surface area (TPSA) is 66.0 Å². The van der Waals surface area contributed by atoms with E-state index < -0.39 is 0 Å². The molecule has 3 rings (SSSR count). The van der Waals surface area contributed by atoms with Crippen LogP contribution in [0.4, 0.5) is 23.0 Å². The fraction of sp³-hybridized carbons (Fsp3) is 0.286. The Morgan fingerprint density at radius 1 is 1.00 bits per heavy atom. The van der Waals surface area contributed by atoms with Crippen molar-refractivity contribution >= 4 is 23.0 Å². The van der Waals surface area contributed by atoms with Gasteiger partial charge in [0.15, 0.2) is 0 Å². The van der Waals surface area contributed by atoms with Crippen LogP contribution in [0.25, 0.3) is 0 Å². The van der Waals surface area contributed by atoms with Gasteiger partial charge in [-0.05, 0) is 56.2 Å². The lowest BCUT2D eigenvalue weighted by Gasteiger charge is -2.22. The van der Waals surface area contributed by atoms with Gasteiger partial charge >= 0.3 is 0 Å². The largest absolute Gasteiger partial charge is 0.372 e. The molecule has 6 heteroatoms. The van der Waals surface area contributed by atoms with Crippen LogP contribution in [0.3, 0.4) is 0 Å². The number of anilines is 4. The molecular weight excluding hydrogens is 336 g/mol. The summed E-state index contributed by atoms with van der Waals surface area (Å²) in [4.78, 5) is 15.1. The third-order valence-electron chi connectivity index (χ3n) is 4.46. The zero-order chi connectivity index (χ0) is 19.1. The van der Waals surface area contributed by atoms with Crippen LogP contribution in [0.5, 0.6) is 0 Å². The molecule has 0 unspecified atom stereocenters. The molecule has 27 heavy (non-hydrogen) atoms. The number of aromatic nitrogens is 3. The first-order valence-corrected chi connectivity index (χ1v) is 9.27. The van der Waals surface area contributed by atoms with Gasteiger partial charge in [-0.25, -0.2) is 9.97 Å². The van der Waals surface area contributed by atoms with Crippen molar-refractivity contribution in [1.29, 1.82) is 0 Å². The number of benzene rings is 1. The first-order chi connectivity index (χ1) is 13.2. The van der Waals surface area contributed by atoms with E-state index in [4.69, 9.17) is 0 Å². The van der Waals surface area contributed by atoms with E-state index in [0.29, 0.717) is 6.54 Å². The molecule has 0 amide bonds. The minimum Gasteiger partial charge on any atom is -0.372 e. The molecule has 0 saturated heterocycles. The Hall–Kier alpha value is -3.15. The van der Waals surface area contributed by atoms with Gasteiger partial charge < -0.3 is 15.5 Å². The average molecular weight is 362 g/mol. The maximum absolute atomic E-state index is 4.34. The predicted octanol–water partition coefficient (Wildman–Crippen LogP) is 4.38. The van der Waals surface area contributed by atoms with Crippen molar-refractivity contribution in [2.45, 2.75) is 27.3 Å².